The largest absolute Gasteiger partial charge is 0.383 e. The summed E-state index contributed by atoms with van der Waals surface area (Å²) in [6.07, 6.45) is 1.33. The van der Waals surface area contributed by atoms with Crippen molar-refractivity contribution in [3.05, 3.63) is 22.4 Å². The van der Waals surface area contributed by atoms with E-state index in [4.69, 9.17) is 0 Å². The molecule has 1 aromatic heterocycles. The molecule has 2 atom stereocenters. The monoisotopic (exact) mass is 324 g/mol. The number of nitrogens with zero attached hydrogens (tertiary/aromatic N) is 1. The van der Waals surface area contributed by atoms with E-state index < -0.39 is 11.6 Å². The molecule has 1 aliphatic heterocycles. The van der Waals surface area contributed by atoms with Crippen LogP contribution >= 0.6 is 11.3 Å². The van der Waals surface area contributed by atoms with Crippen molar-refractivity contribution in [1.29, 1.82) is 0 Å². The molecule has 6 heteroatoms. The Bertz CT molecular complexity index is 526. The van der Waals surface area contributed by atoms with Gasteiger partial charge in [-0.25, -0.2) is 0 Å². The molecule has 0 aliphatic carbocycles. The van der Waals surface area contributed by atoms with Gasteiger partial charge in [0.25, 0.3) is 0 Å². The number of aliphatic hydroxyl groups is 1. The molecule has 0 aromatic carbocycles. The second-order valence-corrected chi connectivity index (χ2v) is 7.30. The molecule has 2 rings (SSSR count). The third-order valence-electron chi connectivity index (χ3n) is 4.00. The molecule has 122 valence electrons. The molecule has 1 saturated heterocycles. The van der Waals surface area contributed by atoms with Crippen LogP contribution < -0.4 is 5.32 Å². The van der Waals surface area contributed by atoms with Crippen LogP contribution in [0.15, 0.2) is 17.5 Å². The number of carbonyl (C=O) groups is 2. The highest BCUT2D eigenvalue weighted by Crippen LogP contribution is 2.25. The molecule has 0 spiro atoms. The quantitative estimate of drug-likeness (QED) is 0.837. The van der Waals surface area contributed by atoms with Gasteiger partial charge >= 0.3 is 0 Å². The standard InChI is InChI=1S/C16H24N2O3S/c1-11(2)14(18-8-4-7-13(18)19)15(20)17-10-16(3,21)12-6-5-9-22-12/h5-6,9,11,14,21H,4,7-8,10H2,1-3H3,(H,17,20). The average Bonchev–Trinajstić information content (AvgIpc) is 3.09. The van der Waals surface area contributed by atoms with Gasteiger partial charge in [0, 0.05) is 17.8 Å². The highest BCUT2D eigenvalue weighted by atomic mass is 32.1. The molecule has 2 N–H and O–H groups in total. The van der Waals surface area contributed by atoms with Crippen molar-refractivity contribution in [3.8, 4) is 0 Å². The Labute approximate surface area is 135 Å². The number of likely N-dealkylation sites (tertiary alicyclic amines) is 1. The van der Waals surface area contributed by atoms with Crippen LogP contribution in [-0.2, 0) is 15.2 Å². The van der Waals surface area contributed by atoms with Gasteiger partial charge in [-0.1, -0.05) is 19.9 Å². The summed E-state index contributed by atoms with van der Waals surface area (Å²) in [6.45, 7) is 6.33. The number of carbonyl (C=O) groups excluding carboxylic acids is 2. The number of hydrogen-bond donors (Lipinski definition) is 2. The van der Waals surface area contributed by atoms with Gasteiger partial charge in [0.2, 0.25) is 11.8 Å². The van der Waals surface area contributed by atoms with Crippen LogP contribution in [0.5, 0.6) is 0 Å². The van der Waals surface area contributed by atoms with Crippen LogP contribution in [0.4, 0.5) is 0 Å². The zero-order valence-electron chi connectivity index (χ0n) is 13.3. The Morgan fingerprint density at radius 2 is 2.27 bits per heavy atom. The van der Waals surface area contributed by atoms with Crippen LogP contribution in [0.25, 0.3) is 0 Å². The van der Waals surface area contributed by atoms with Gasteiger partial charge in [0.1, 0.15) is 11.6 Å². The summed E-state index contributed by atoms with van der Waals surface area (Å²) in [5.74, 6) is -0.116. The molecule has 1 aliphatic rings. The van der Waals surface area contributed by atoms with Gasteiger partial charge < -0.3 is 15.3 Å². The van der Waals surface area contributed by atoms with Crippen molar-refractivity contribution in [2.24, 2.45) is 5.92 Å². The molecular formula is C16H24N2O3S. The molecule has 0 radical (unpaired) electrons. The van der Waals surface area contributed by atoms with E-state index in [0.717, 1.165) is 11.3 Å². The summed E-state index contributed by atoms with van der Waals surface area (Å²) in [6, 6.07) is 3.26. The van der Waals surface area contributed by atoms with E-state index >= 15 is 0 Å². The summed E-state index contributed by atoms with van der Waals surface area (Å²) >= 11 is 1.46. The fraction of sp³-hybridized carbons (Fsp3) is 0.625. The lowest BCUT2D eigenvalue weighted by atomic mass is 10.0. The van der Waals surface area contributed by atoms with Gasteiger partial charge in [0.05, 0.1) is 6.54 Å². The highest BCUT2D eigenvalue weighted by Gasteiger charge is 2.36. The lowest BCUT2D eigenvalue weighted by Gasteiger charge is -2.31. The highest BCUT2D eigenvalue weighted by molar-refractivity contribution is 7.10. The maximum atomic E-state index is 12.5. The first-order valence-corrected chi connectivity index (χ1v) is 8.54. The lowest BCUT2D eigenvalue weighted by molar-refractivity contribution is -0.139. The predicted octanol–water partition coefficient (Wildman–Crippen LogP) is 1.72. The summed E-state index contributed by atoms with van der Waals surface area (Å²) in [5.41, 5.74) is -1.10. The first-order valence-electron chi connectivity index (χ1n) is 7.66. The molecule has 0 saturated carbocycles. The molecule has 2 unspecified atom stereocenters. The first kappa shape index (κ1) is 17.0. The number of thiophene rings is 1. The van der Waals surface area contributed by atoms with Crippen LogP contribution in [-0.4, -0.2) is 41.0 Å². The Morgan fingerprint density at radius 1 is 1.55 bits per heavy atom. The zero-order valence-corrected chi connectivity index (χ0v) is 14.2. The molecule has 1 aromatic rings. The van der Waals surface area contributed by atoms with Crippen LogP contribution in [0.2, 0.25) is 0 Å². The molecule has 22 heavy (non-hydrogen) atoms. The van der Waals surface area contributed by atoms with Gasteiger partial charge in [-0.2, -0.15) is 0 Å². The molecule has 2 amide bonds. The number of amides is 2. The SMILES string of the molecule is CC(C)C(C(=O)NCC(C)(O)c1cccs1)N1CCCC1=O. The first-order chi connectivity index (χ1) is 10.3. The van der Waals surface area contributed by atoms with E-state index in [-0.39, 0.29) is 24.3 Å². The van der Waals surface area contributed by atoms with E-state index in [1.165, 1.54) is 11.3 Å². The minimum Gasteiger partial charge on any atom is -0.383 e. The minimum atomic E-state index is -1.10. The van der Waals surface area contributed by atoms with E-state index in [0.29, 0.717) is 13.0 Å². The maximum Gasteiger partial charge on any atom is 0.243 e. The normalized spacial score (nSPS) is 19.3. The van der Waals surface area contributed by atoms with Crippen molar-refractivity contribution in [1.82, 2.24) is 10.2 Å². The second kappa shape index (κ2) is 6.79. The van der Waals surface area contributed by atoms with E-state index in [1.807, 2.05) is 31.4 Å². The Hall–Kier alpha value is -1.40. The van der Waals surface area contributed by atoms with E-state index in [9.17, 15) is 14.7 Å². The fourth-order valence-electron chi connectivity index (χ4n) is 2.80. The summed E-state index contributed by atoms with van der Waals surface area (Å²) in [5, 5.41) is 15.2. The number of nitrogens with one attached hydrogen (secondary N) is 1. The maximum absolute atomic E-state index is 12.5. The number of hydrogen-bond acceptors (Lipinski definition) is 4. The van der Waals surface area contributed by atoms with Crippen molar-refractivity contribution >= 4 is 23.2 Å². The Balaban J connectivity index is 2.01. The predicted molar refractivity (Wildman–Crippen MR) is 86.5 cm³/mol. The summed E-state index contributed by atoms with van der Waals surface area (Å²) in [7, 11) is 0. The Morgan fingerprint density at radius 3 is 2.77 bits per heavy atom. The van der Waals surface area contributed by atoms with Gasteiger partial charge in [0.15, 0.2) is 0 Å². The third-order valence-corrected chi connectivity index (χ3v) is 5.13. The van der Waals surface area contributed by atoms with Crippen LogP contribution in [0.1, 0.15) is 38.5 Å². The van der Waals surface area contributed by atoms with E-state index in [1.54, 1.807) is 11.8 Å². The number of rotatable bonds is 6. The zero-order chi connectivity index (χ0) is 16.3. The van der Waals surface area contributed by atoms with Crippen LogP contribution in [0.3, 0.4) is 0 Å². The van der Waals surface area contributed by atoms with Gasteiger partial charge in [-0.15, -0.1) is 11.3 Å². The minimum absolute atomic E-state index is 0.0359. The third kappa shape index (κ3) is 3.67. The van der Waals surface area contributed by atoms with Crippen molar-refractivity contribution < 1.29 is 14.7 Å². The topological polar surface area (TPSA) is 69.6 Å². The molecule has 5 nitrogen and oxygen atoms in total. The smallest absolute Gasteiger partial charge is 0.243 e. The molecular weight excluding hydrogens is 300 g/mol. The Kier molecular flexibility index (Phi) is 5.24. The lowest BCUT2D eigenvalue weighted by Crippen LogP contribution is -2.52. The van der Waals surface area contributed by atoms with Gasteiger partial charge in [-0.05, 0) is 30.7 Å². The van der Waals surface area contributed by atoms with Gasteiger partial charge in [-0.3, -0.25) is 9.59 Å². The van der Waals surface area contributed by atoms with Crippen molar-refractivity contribution in [3.63, 3.8) is 0 Å². The average molecular weight is 324 g/mol. The molecule has 0 bridgehead atoms. The second-order valence-electron chi connectivity index (χ2n) is 6.35. The van der Waals surface area contributed by atoms with E-state index in [2.05, 4.69) is 5.32 Å². The molecule has 1 fully saturated rings. The van der Waals surface area contributed by atoms with Crippen LogP contribution in [0, 0.1) is 5.92 Å². The van der Waals surface area contributed by atoms with Crippen molar-refractivity contribution in [2.45, 2.75) is 45.3 Å². The van der Waals surface area contributed by atoms with Crippen molar-refractivity contribution in [2.75, 3.05) is 13.1 Å². The molecule has 2 heterocycles. The summed E-state index contributed by atoms with van der Waals surface area (Å²) < 4.78 is 0. The fourth-order valence-corrected chi connectivity index (χ4v) is 3.59. The summed E-state index contributed by atoms with van der Waals surface area (Å²) in [4.78, 5) is 26.9.